The normalized spacial score (nSPS) is 21.9. The van der Waals surface area contributed by atoms with Crippen LogP contribution in [0.5, 0.6) is 11.5 Å². The molecule has 0 N–H and O–H groups in total. The number of hydrogen-bond donors (Lipinski definition) is 0. The Bertz CT molecular complexity index is 2960. The summed E-state index contributed by atoms with van der Waals surface area (Å²) in [5.41, 5.74) is 3.75. The van der Waals surface area contributed by atoms with E-state index >= 15 is 0 Å². The number of carbonyl (C=O) groups excluding carboxylic acids is 2. The molecule has 0 aromatic heterocycles. The molecule has 0 saturated heterocycles. The van der Waals surface area contributed by atoms with Gasteiger partial charge in [-0.25, -0.2) is 9.59 Å². The van der Waals surface area contributed by atoms with Crippen LogP contribution in [0, 0.1) is 35.5 Å². The monoisotopic (exact) mass is 911 g/mol. The van der Waals surface area contributed by atoms with Crippen LogP contribution in [0.25, 0.3) is 75.8 Å². The molecule has 4 unspecified atom stereocenters. The van der Waals surface area contributed by atoms with Crippen molar-refractivity contribution in [2.45, 2.75) is 145 Å². The van der Waals surface area contributed by atoms with E-state index in [2.05, 4.69) is 156 Å². The minimum Gasteiger partial charge on any atom is -0.430 e. The molecular weight excluding hydrogens is 841 g/mol. The lowest BCUT2D eigenvalue weighted by Crippen LogP contribution is -2.36. The number of hydrogen-bond acceptors (Lipinski definition) is 6. The second kappa shape index (κ2) is 17.1. The van der Waals surface area contributed by atoms with Crippen LogP contribution in [-0.4, -0.2) is 24.5 Å². The Balaban J connectivity index is 1.23. The molecule has 6 heteroatoms. The van der Waals surface area contributed by atoms with E-state index < -0.39 is 12.3 Å². The van der Waals surface area contributed by atoms with Gasteiger partial charge in [0, 0.05) is 11.1 Å². The van der Waals surface area contributed by atoms with Crippen LogP contribution >= 0.6 is 0 Å². The summed E-state index contributed by atoms with van der Waals surface area (Å²) in [7, 11) is 0. The molecule has 2 aliphatic carbocycles. The molecule has 0 amide bonds. The molecule has 68 heavy (non-hydrogen) atoms. The average molecular weight is 911 g/mol. The van der Waals surface area contributed by atoms with Gasteiger partial charge in [-0.2, -0.15) is 0 Å². The Morgan fingerprint density at radius 1 is 0.471 bits per heavy atom. The first-order valence-electron chi connectivity index (χ1n) is 25.5. The van der Waals surface area contributed by atoms with Crippen molar-refractivity contribution >= 4 is 76.9 Å². The predicted octanol–water partition coefficient (Wildman–Crippen LogP) is 17.7. The standard InChI is InChI=1S/C62H70O6/c1-33(2)45-21-13-35(5)25-49(45)65-59(63)67-51-31-41-17-15-37-27-43(61(7,8)9)29-39-19-23-47(55(41)53(37)39)57(51)58-48-24-20-40-30-44(62(10,11)12)28-38-16-18-42(56(48)54(38)40)32-52(58)68-60(64)66-50-26-36(6)14-22-46(50)34(3)4/h15-20,23-24,27-36,45-46,49-50H,13-14,21-22,25-26H2,1-12H3/t35-,36-,45?,46?,49?,50?/m0/s1. The smallest absolute Gasteiger partial charge is 0.430 e. The van der Waals surface area contributed by atoms with Crippen molar-refractivity contribution in [2.24, 2.45) is 35.5 Å². The van der Waals surface area contributed by atoms with Gasteiger partial charge in [-0.05, 0) is 160 Å². The summed E-state index contributed by atoms with van der Waals surface area (Å²) in [4.78, 5) is 29.0. The summed E-state index contributed by atoms with van der Waals surface area (Å²) in [6, 6.07) is 30.6. The maximum Gasteiger partial charge on any atom is 0.514 e. The summed E-state index contributed by atoms with van der Waals surface area (Å²) >= 11 is 0. The first-order chi connectivity index (χ1) is 32.2. The Morgan fingerprint density at radius 2 is 0.794 bits per heavy atom. The Labute approximate surface area is 402 Å². The molecule has 0 spiro atoms. The van der Waals surface area contributed by atoms with Crippen molar-refractivity contribution in [3.05, 3.63) is 96.1 Å². The minimum absolute atomic E-state index is 0.0528. The molecule has 354 valence electrons. The Kier molecular flexibility index (Phi) is 11.6. The summed E-state index contributed by atoms with van der Waals surface area (Å²) in [5.74, 6) is 2.79. The highest BCUT2D eigenvalue weighted by atomic mass is 16.7. The molecule has 8 aromatic carbocycles. The average Bonchev–Trinajstić information content (AvgIpc) is 3.26. The highest BCUT2D eigenvalue weighted by Crippen LogP contribution is 2.53. The van der Waals surface area contributed by atoms with E-state index in [1.54, 1.807) is 0 Å². The molecule has 6 atom stereocenters. The highest BCUT2D eigenvalue weighted by Gasteiger charge is 2.37. The van der Waals surface area contributed by atoms with Crippen molar-refractivity contribution in [3.63, 3.8) is 0 Å². The van der Waals surface area contributed by atoms with Crippen LogP contribution in [0.15, 0.2) is 84.9 Å². The lowest BCUT2D eigenvalue weighted by molar-refractivity contribution is -0.0145. The lowest BCUT2D eigenvalue weighted by atomic mass is 9.75. The second-order valence-corrected chi connectivity index (χ2v) is 23.8. The summed E-state index contributed by atoms with van der Waals surface area (Å²) in [6.07, 6.45) is 3.89. The van der Waals surface area contributed by atoms with Crippen LogP contribution in [0.2, 0.25) is 0 Å². The van der Waals surface area contributed by atoms with Gasteiger partial charge < -0.3 is 18.9 Å². The number of rotatable bonds is 7. The van der Waals surface area contributed by atoms with Crippen LogP contribution in [0.1, 0.15) is 133 Å². The van der Waals surface area contributed by atoms with Crippen molar-refractivity contribution in [2.75, 3.05) is 0 Å². The minimum atomic E-state index is -0.723. The van der Waals surface area contributed by atoms with Crippen LogP contribution in [-0.2, 0) is 20.3 Å². The predicted molar refractivity (Wildman–Crippen MR) is 281 cm³/mol. The van der Waals surface area contributed by atoms with Gasteiger partial charge in [0.05, 0.1) is 0 Å². The molecule has 0 radical (unpaired) electrons. The van der Waals surface area contributed by atoms with E-state index in [9.17, 15) is 9.59 Å². The Morgan fingerprint density at radius 3 is 1.12 bits per heavy atom. The van der Waals surface area contributed by atoms with E-state index in [1.807, 2.05) is 12.1 Å². The maximum atomic E-state index is 14.5. The first kappa shape index (κ1) is 46.1. The molecular formula is C62H70O6. The summed E-state index contributed by atoms with van der Waals surface area (Å²) < 4.78 is 26.0. The molecule has 2 saturated carbocycles. The van der Waals surface area contributed by atoms with E-state index in [1.165, 1.54) is 11.1 Å². The SMILES string of the molecule is CC(C)C1CC[C@H](C)CC1OC(=O)Oc1cc2ccc3cc(C(C)(C)C)cc4ccc(c1-c1c(OC(=O)OC5C[C@@H](C)CCC5C(C)C)cc5ccc6cc(C(C)(C)C)cc7ccc1c5c67)c2c34. The zero-order valence-corrected chi connectivity index (χ0v) is 42.4. The largest absolute Gasteiger partial charge is 0.514 e. The molecule has 0 bridgehead atoms. The van der Waals surface area contributed by atoms with Crippen LogP contribution in [0.3, 0.4) is 0 Å². The third kappa shape index (κ3) is 8.28. The van der Waals surface area contributed by atoms with Gasteiger partial charge in [-0.15, -0.1) is 0 Å². The van der Waals surface area contributed by atoms with Crippen molar-refractivity contribution < 1.29 is 28.5 Å². The Hall–Kier alpha value is -5.62. The van der Waals surface area contributed by atoms with Crippen LogP contribution in [0.4, 0.5) is 9.59 Å². The molecule has 2 fully saturated rings. The van der Waals surface area contributed by atoms with Crippen molar-refractivity contribution in [3.8, 4) is 22.6 Å². The van der Waals surface area contributed by atoms with Gasteiger partial charge in [0.1, 0.15) is 23.7 Å². The highest BCUT2D eigenvalue weighted by molar-refractivity contribution is 6.31. The van der Waals surface area contributed by atoms with Gasteiger partial charge in [-0.3, -0.25) is 0 Å². The zero-order chi connectivity index (χ0) is 48.1. The molecule has 8 aromatic rings. The molecule has 0 heterocycles. The summed E-state index contributed by atoms with van der Waals surface area (Å²) in [6.45, 7) is 26.8. The topological polar surface area (TPSA) is 71.1 Å². The van der Waals surface area contributed by atoms with Crippen molar-refractivity contribution in [1.29, 1.82) is 0 Å². The fraction of sp³-hybridized carbons (Fsp3) is 0.452. The second-order valence-electron chi connectivity index (χ2n) is 23.8. The van der Waals surface area contributed by atoms with Gasteiger partial charge in [0.25, 0.3) is 0 Å². The van der Waals surface area contributed by atoms with E-state index in [4.69, 9.17) is 18.9 Å². The lowest BCUT2D eigenvalue weighted by Gasteiger charge is -2.36. The van der Waals surface area contributed by atoms with Gasteiger partial charge in [0.2, 0.25) is 0 Å². The van der Waals surface area contributed by atoms with Gasteiger partial charge >= 0.3 is 12.3 Å². The maximum absolute atomic E-state index is 14.5. The van der Waals surface area contributed by atoms with E-state index in [0.717, 1.165) is 103 Å². The quantitative estimate of drug-likeness (QED) is 0.0901. The fourth-order valence-corrected chi connectivity index (χ4v) is 12.3. The van der Waals surface area contributed by atoms with Crippen LogP contribution < -0.4 is 9.47 Å². The fourth-order valence-electron chi connectivity index (χ4n) is 12.3. The first-order valence-corrected chi connectivity index (χ1v) is 25.5. The summed E-state index contributed by atoms with van der Waals surface area (Å²) in [5, 5.41) is 12.6. The number of ether oxygens (including phenoxy) is 4. The zero-order valence-electron chi connectivity index (χ0n) is 42.4. The van der Waals surface area contributed by atoms with E-state index in [-0.39, 0.29) is 34.9 Å². The van der Waals surface area contributed by atoms with Gasteiger partial charge in [-0.1, -0.05) is 169 Å². The number of carbonyl (C=O) groups is 2. The third-order valence-corrected chi connectivity index (χ3v) is 16.1. The van der Waals surface area contributed by atoms with E-state index in [0.29, 0.717) is 46.3 Å². The third-order valence-electron chi connectivity index (χ3n) is 16.1. The van der Waals surface area contributed by atoms with Crippen molar-refractivity contribution in [1.82, 2.24) is 0 Å². The molecule has 0 aliphatic heterocycles. The number of benzene rings is 8. The molecule has 6 nitrogen and oxygen atoms in total. The molecule has 10 rings (SSSR count). The van der Waals surface area contributed by atoms with Gasteiger partial charge in [0.15, 0.2) is 0 Å². The molecule has 2 aliphatic rings.